The van der Waals surface area contributed by atoms with Gasteiger partial charge in [-0.2, -0.15) is 0 Å². The zero-order chi connectivity index (χ0) is 18.4. The van der Waals surface area contributed by atoms with Gasteiger partial charge in [0, 0.05) is 6.54 Å². The molecule has 2 amide bonds. The number of amides is 2. The van der Waals surface area contributed by atoms with Crippen LogP contribution in [0.4, 0.5) is 5.69 Å². The summed E-state index contributed by atoms with van der Waals surface area (Å²) < 4.78 is 5.86. The largest absolute Gasteiger partial charge is 0.455 e. The maximum atomic E-state index is 12.4. The molecule has 0 spiro atoms. The number of ether oxygens (including phenoxy) is 1. The Morgan fingerprint density at radius 3 is 2.62 bits per heavy atom. The molecule has 0 unspecified atom stereocenters. The Kier molecular flexibility index (Phi) is 5.86. The number of carbonyl (C=O) groups excluding carboxylic acids is 2. The molecule has 0 bridgehead atoms. The van der Waals surface area contributed by atoms with Crippen molar-refractivity contribution < 1.29 is 14.3 Å². The molecule has 1 heterocycles. The van der Waals surface area contributed by atoms with Gasteiger partial charge in [-0.1, -0.05) is 30.3 Å². The molecule has 0 saturated carbocycles. The van der Waals surface area contributed by atoms with Gasteiger partial charge < -0.3 is 15.8 Å². The van der Waals surface area contributed by atoms with Gasteiger partial charge in [-0.15, -0.1) is 0 Å². The lowest BCUT2D eigenvalue weighted by Gasteiger charge is -2.30. The lowest BCUT2D eigenvalue weighted by molar-refractivity contribution is -0.125. The van der Waals surface area contributed by atoms with Crippen molar-refractivity contribution in [2.45, 2.75) is 12.8 Å². The summed E-state index contributed by atoms with van der Waals surface area (Å²) in [4.78, 5) is 25.8. The molecule has 1 aliphatic heterocycles. The van der Waals surface area contributed by atoms with Crippen LogP contribution < -0.4 is 15.8 Å². The summed E-state index contributed by atoms with van der Waals surface area (Å²) in [6, 6.07) is 16.7. The Bertz CT molecular complexity index is 764. The molecule has 1 fully saturated rings. The van der Waals surface area contributed by atoms with Gasteiger partial charge in [-0.05, 0) is 43.7 Å². The molecule has 6 nitrogen and oxygen atoms in total. The van der Waals surface area contributed by atoms with Gasteiger partial charge >= 0.3 is 0 Å². The molecule has 3 rings (SSSR count). The van der Waals surface area contributed by atoms with Crippen molar-refractivity contribution in [1.82, 2.24) is 4.90 Å². The van der Waals surface area contributed by atoms with E-state index in [1.54, 1.807) is 6.07 Å². The number of nitrogens with two attached hydrogens (primary N) is 1. The molecule has 0 aliphatic carbocycles. The van der Waals surface area contributed by atoms with Gasteiger partial charge in [-0.25, -0.2) is 0 Å². The van der Waals surface area contributed by atoms with Crippen LogP contribution in [0, 0.1) is 5.92 Å². The van der Waals surface area contributed by atoms with Crippen LogP contribution in [0.25, 0.3) is 0 Å². The van der Waals surface area contributed by atoms with Crippen LogP contribution in [0.2, 0.25) is 0 Å². The fourth-order valence-corrected chi connectivity index (χ4v) is 3.10. The predicted octanol–water partition coefficient (Wildman–Crippen LogP) is 2.61. The van der Waals surface area contributed by atoms with Crippen molar-refractivity contribution in [3.05, 3.63) is 54.6 Å². The highest BCUT2D eigenvalue weighted by molar-refractivity contribution is 5.93. The highest BCUT2D eigenvalue weighted by Crippen LogP contribution is 2.29. The first kappa shape index (κ1) is 17.9. The summed E-state index contributed by atoms with van der Waals surface area (Å²) in [6.07, 6.45) is 1.66. The Labute approximate surface area is 152 Å². The summed E-state index contributed by atoms with van der Waals surface area (Å²) in [5.41, 5.74) is 6.01. The lowest BCUT2D eigenvalue weighted by Crippen LogP contribution is -2.44. The zero-order valence-electron chi connectivity index (χ0n) is 14.6. The number of hydrogen-bond donors (Lipinski definition) is 2. The molecular weight excluding hydrogens is 330 g/mol. The van der Waals surface area contributed by atoms with Crippen LogP contribution in [0.15, 0.2) is 54.6 Å². The smallest absolute Gasteiger partial charge is 0.238 e. The predicted molar refractivity (Wildman–Crippen MR) is 99.9 cm³/mol. The lowest BCUT2D eigenvalue weighted by atomic mass is 9.97. The average molecular weight is 353 g/mol. The van der Waals surface area contributed by atoms with Crippen molar-refractivity contribution in [3.8, 4) is 11.5 Å². The van der Waals surface area contributed by atoms with Crippen molar-refractivity contribution in [2.75, 3.05) is 25.0 Å². The third-order valence-electron chi connectivity index (χ3n) is 4.41. The van der Waals surface area contributed by atoms with Crippen LogP contribution >= 0.6 is 0 Å². The molecule has 1 saturated heterocycles. The van der Waals surface area contributed by atoms with Crippen LogP contribution in [-0.4, -0.2) is 36.3 Å². The molecule has 1 atom stereocenters. The van der Waals surface area contributed by atoms with E-state index >= 15 is 0 Å². The summed E-state index contributed by atoms with van der Waals surface area (Å²) in [5.74, 6) is 0.677. The summed E-state index contributed by atoms with van der Waals surface area (Å²) in [6.45, 7) is 1.55. The molecule has 0 radical (unpaired) electrons. The second kappa shape index (κ2) is 8.49. The fraction of sp³-hybridized carbons (Fsp3) is 0.300. The molecule has 1 aliphatic rings. The standard InChI is InChI=1S/C20H23N3O3/c21-20(25)15-7-6-12-23(13-15)14-19(24)22-17-10-4-5-11-18(17)26-16-8-2-1-3-9-16/h1-5,8-11,15H,6-7,12-14H2,(H2,21,25)(H,22,24)/t15-/m0/s1. The Morgan fingerprint density at radius 2 is 1.85 bits per heavy atom. The molecule has 2 aromatic carbocycles. The average Bonchev–Trinajstić information content (AvgIpc) is 2.64. The highest BCUT2D eigenvalue weighted by atomic mass is 16.5. The number of primary amides is 1. The molecule has 0 aromatic heterocycles. The number of nitrogens with one attached hydrogen (secondary N) is 1. The Hall–Kier alpha value is -2.86. The van der Waals surface area contributed by atoms with E-state index in [-0.39, 0.29) is 24.3 Å². The van der Waals surface area contributed by atoms with Gasteiger partial charge in [0.1, 0.15) is 5.75 Å². The summed E-state index contributed by atoms with van der Waals surface area (Å²) in [7, 11) is 0. The van der Waals surface area contributed by atoms with Gasteiger partial charge in [0.25, 0.3) is 0 Å². The van der Waals surface area contributed by atoms with Crippen LogP contribution in [0.3, 0.4) is 0 Å². The minimum absolute atomic E-state index is 0.140. The molecule has 136 valence electrons. The van der Waals surface area contributed by atoms with Crippen LogP contribution in [0.5, 0.6) is 11.5 Å². The van der Waals surface area contributed by atoms with E-state index in [1.807, 2.05) is 53.4 Å². The first-order valence-corrected chi connectivity index (χ1v) is 8.75. The molecule has 3 N–H and O–H groups in total. The number of hydrogen-bond acceptors (Lipinski definition) is 4. The van der Waals surface area contributed by atoms with Crippen molar-refractivity contribution in [1.29, 1.82) is 0 Å². The number of carbonyl (C=O) groups is 2. The highest BCUT2D eigenvalue weighted by Gasteiger charge is 2.25. The third kappa shape index (κ3) is 4.83. The number of nitrogens with zero attached hydrogens (tertiary/aromatic N) is 1. The van der Waals surface area contributed by atoms with Crippen molar-refractivity contribution in [3.63, 3.8) is 0 Å². The molecule has 26 heavy (non-hydrogen) atoms. The van der Waals surface area contributed by atoms with E-state index in [0.717, 1.165) is 19.4 Å². The van der Waals surface area contributed by atoms with Gasteiger partial charge in [0.15, 0.2) is 5.75 Å². The second-order valence-corrected chi connectivity index (χ2v) is 6.44. The maximum Gasteiger partial charge on any atom is 0.238 e. The van der Waals surface area contributed by atoms with E-state index in [4.69, 9.17) is 10.5 Å². The first-order chi connectivity index (χ1) is 12.6. The van der Waals surface area contributed by atoms with E-state index < -0.39 is 0 Å². The van der Waals surface area contributed by atoms with Crippen molar-refractivity contribution >= 4 is 17.5 Å². The van der Waals surface area contributed by atoms with E-state index in [9.17, 15) is 9.59 Å². The number of likely N-dealkylation sites (tertiary alicyclic amines) is 1. The monoisotopic (exact) mass is 353 g/mol. The van der Waals surface area contributed by atoms with Gasteiger partial charge in [0.05, 0.1) is 18.2 Å². The van der Waals surface area contributed by atoms with Gasteiger partial charge in [-0.3, -0.25) is 14.5 Å². The fourth-order valence-electron chi connectivity index (χ4n) is 3.10. The number of para-hydroxylation sites is 3. The van der Waals surface area contributed by atoms with Crippen LogP contribution in [0.1, 0.15) is 12.8 Å². The topological polar surface area (TPSA) is 84.7 Å². The number of rotatable bonds is 6. The first-order valence-electron chi connectivity index (χ1n) is 8.75. The van der Waals surface area contributed by atoms with E-state index in [0.29, 0.717) is 23.7 Å². The number of piperidine rings is 1. The van der Waals surface area contributed by atoms with E-state index in [1.165, 1.54) is 0 Å². The minimum Gasteiger partial charge on any atom is -0.455 e. The van der Waals surface area contributed by atoms with Gasteiger partial charge in [0.2, 0.25) is 11.8 Å². The second-order valence-electron chi connectivity index (χ2n) is 6.44. The summed E-state index contributed by atoms with van der Waals surface area (Å²) in [5, 5.41) is 2.90. The number of benzene rings is 2. The molecule has 2 aromatic rings. The minimum atomic E-state index is -0.295. The third-order valence-corrected chi connectivity index (χ3v) is 4.41. The Balaban J connectivity index is 1.62. The SMILES string of the molecule is NC(=O)[C@H]1CCCN(CC(=O)Nc2ccccc2Oc2ccccc2)C1. The van der Waals surface area contributed by atoms with Crippen molar-refractivity contribution in [2.24, 2.45) is 11.7 Å². The molecular formula is C20H23N3O3. The number of anilines is 1. The molecule has 6 heteroatoms. The van der Waals surface area contributed by atoms with E-state index in [2.05, 4.69) is 5.32 Å². The maximum absolute atomic E-state index is 12.4. The summed E-state index contributed by atoms with van der Waals surface area (Å²) >= 11 is 0. The Morgan fingerprint density at radius 1 is 1.12 bits per heavy atom. The quantitative estimate of drug-likeness (QED) is 0.836. The zero-order valence-corrected chi connectivity index (χ0v) is 14.6. The normalized spacial score (nSPS) is 17.5. The van der Waals surface area contributed by atoms with Crippen LogP contribution in [-0.2, 0) is 9.59 Å².